The van der Waals surface area contributed by atoms with Crippen LogP contribution in [0.5, 0.6) is 11.5 Å². The first-order chi connectivity index (χ1) is 14.9. The van der Waals surface area contributed by atoms with Gasteiger partial charge in [0.15, 0.2) is 18.1 Å². The summed E-state index contributed by atoms with van der Waals surface area (Å²) >= 11 is 5.38. The van der Waals surface area contributed by atoms with Crippen LogP contribution in [0, 0.1) is 14.9 Å². The molecular formula is C22H20BrIN2O5. The van der Waals surface area contributed by atoms with Crippen molar-refractivity contribution in [3.05, 3.63) is 55.6 Å². The average molecular weight is 599 g/mol. The lowest BCUT2D eigenvalue weighted by atomic mass is 10.1. The summed E-state index contributed by atoms with van der Waals surface area (Å²) in [4.78, 5) is 24.1. The molecule has 0 spiro atoms. The number of carbonyl (C=O) groups is 2. The van der Waals surface area contributed by atoms with Crippen molar-refractivity contribution in [2.45, 2.75) is 13.8 Å². The fourth-order valence-electron chi connectivity index (χ4n) is 2.49. The summed E-state index contributed by atoms with van der Waals surface area (Å²) < 4.78 is 17.6. The van der Waals surface area contributed by atoms with E-state index in [1.165, 1.54) is 6.08 Å². The van der Waals surface area contributed by atoms with E-state index in [0.29, 0.717) is 32.9 Å². The molecule has 0 heterocycles. The van der Waals surface area contributed by atoms with Crippen LogP contribution in [-0.4, -0.2) is 31.7 Å². The van der Waals surface area contributed by atoms with Gasteiger partial charge in [0.25, 0.3) is 5.91 Å². The van der Waals surface area contributed by atoms with Crippen LogP contribution in [0.15, 0.2) is 46.4 Å². The van der Waals surface area contributed by atoms with Gasteiger partial charge in [-0.2, -0.15) is 5.26 Å². The average Bonchev–Trinajstić information content (AvgIpc) is 2.71. The normalized spacial score (nSPS) is 10.7. The number of hydrogen-bond donors (Lipinski definition) is 1. The van der Waals surface area contributed by atoms with Crippen LogP contribution >= 0.6 is 38.5 Å². The molecule has 0 fully saturated rings. The molecule has 9 heteroatoms. The van der Waals surface area contributed by atoms with Gasteiger partial charge in [-0.15, -0.1) is 0 Å². The highest BCUT2D eigenvalue weighted by atomic mass is 127. The molecule has 0 atom stereocenters. The third-order valence-corrected chi connectivity index (χ3v) is 5.02. The minimum atomic E-state index is -0.531. The second-order valence-corrected chi connectivity index (χ2v) is 8.07. The van der Waals surface area contributed by atoms with Gasteiger partial charge in [-0.3, -0.25) is 4.79 Å². The number of anilines is 1. The van der Waals surface area contributed by atoms with Crippen LogP contribution in [0.2, 0.25) is 0 Å². The highest BCUT2D eigenvalue weighted by Crippen LogP contribution is 2.35. The number of halogens is 2. The second kappa shape index (κ2) is 12.3. The monoisotopic (exact) mass is 598 g/mol. The van der Waals surface area contributed by atoms with E-state index in [1.807, 2.05) is 41.7 Å². The Labute approximate surface area is 202 Å². The van der Waals surface area contributed by atoms with Crippen molar-refractivity contribution in [3.8, 4) is 17.6 Å². The first-order valence-electron chi connectivity index (χ1n) is 9.31. The summed E-state index contributed by atoms with van der Waals surface area (Å²) in [6, 6.07) is 12.4. The number of ether oxygens (including phenoxy) is 3. The van der Waals surface area contributed by atoms with Crippen molar-refractivity contribution in [3.63, 3.8) is 0 Å². The molecular weight excluding hydrogens is 579 g/mol. The van der Waals surface area contributed by atoms with Crippen LogP contribution in [0.3, 0.4) is 0 Å². The van der Waals surface area contributed by atoms with Crippen LogP contribution < -0.4 is 14.8 Å². The van der Waals surface area contributed by atoms with Crippen molar-refractivity contribution in [1.29, 1.82) is 5.26 Å². The van der Waals surface area contributed by atoms with Crippen LogP contribution in [0.25, 0.3) is 6.08 Å². The number of esters is 1. The second-order valence-electron chi connectivity index (χ2n) is 5.99. The van der Waals surface area contributed by atoms with Gasteiger partial charge in [0.05, 0.1) is 16.8 Å². The third kappa shape index (κ3) is 7.56. The Hall–Kier alpha value is -2.58. The number of benzene rings is 2. The van der Waals surface area contributed by atoms with Crippen LogP contribution in [0.1, 0.15) is 19.4 Å². The molecule has 0 bridgehead atoms. The van der Waals surface area contributed by atoms with Gasteiger partial charge in [0.2, 0.25) is 0 Å². The molecule has 2 aromatic carbocycles. The largest absolute Gasteiger partial charge is 0.490 e. The lowest BCUT2D eigenvalue weighted by Gasteiger charge is -2.14. The van der Waals surface area contributed by atoms with Gasteiger partial charge < -0.3 is 19.5 Å². The SMILES string of the molecule is CCOC(=O)COc1c(I)cc(/C=C(/C#N)C(=O)Nc2cccc(Br)c2)cc1OCC. The van der Waals surface area contributed by atoms with Gasteiger partial charge in [-0.1, -0.05) is 22.0 Å². The topological polar surface area (TPSA) is 97.7 Å². The lowest BCUT2D eigenvalue weighted by Crippen LogP contribution is -2.15. The number of carbonyl (C=O) groups excluding carboxylic acids is 2. The number of hydrogen-bond acceptors (Lipinski definition) is 6. The summed E-state index contributed by atoms with van der Waals surface area (Å²) in [6.45, 7) is 3.91. The Morgan fingerprint density at radius 2 is 1.97 bits per heavy atom. The molecule has 1 N–H and O–H groups in total. The molecule has 0 saturated carbocycles. The molecule has 0 radical (unpaired) electrons. The van der Waals surface area contributed by atoms with Crippen molar-refractivity contribution < 1.29 is 23.8 Å². The molecule has 2 aromatic rings. The molecule has 0 aliphatic carbocycles. The van der Waals surface area contributed by atoms with Crippen molar-refractivity contribution in [1.82, 2.24) is 0 Å². The standard InChI is InChI=1S/C22H20BrIN2O5/c1-3-29-19-10-14(9-18(24)21(19)31-13-20(27)30-4-2)8-15(12-25)22(28)26-17-7-5-6-16(23)11-17/h5-11H,3-4,13H2,1-2H3,(H,26,28)/b15-8-. The predicted octanol–water partition coefficient (Wildman–Crippen LogP) is 4.94. The smallest absolute Gasteiger partial charge is 0.344 e. The highest BCUT2D eigenvalue weighted by molar-refractivity contribution is 14.1. The van der Waals surface area contributed by atoms with Crippen molar-refractivity contribution in [2.24, 2.45) is 0 Å². The van der Waals surface area contributed by atoms with Crippen LogP contribution in [-0.2, 0) is 14.3 Å². The summed E-state index contributed by atoms with van der Waals surface area (Å²) in [7, 11) is 0. The van der Waals surface area contributed by atoms with Gasteiger partial charge in [0, 0.05) is 10.2 Å². The number of amides is 1. The minimum absolute atomic E-state index is 0.0709. The van der Waals surface area contributed by atoms with Crippen LogP contribution in [0.4, 0.5) is 5.69 Å². The van der Waals surface area contributed by atoms with Crippen molar-refractivity contribution in [2.75, 3.05) is 25.1 Å². The molecule has 0 aliphatic heterocycles. The maximum absolute atomic E-state index is 12.5. The van der Waals surface area contributed by atoms with E-state index in [0.717, 1.165) is 4.47 Å². The predicted molar refractivity (Wildman–Crippen MR) is 129 cm³/mol. The fraction of sp³-hybridized carbons (Fsp3) is 0.227. The molecule has 0 unspecified atom stereocenters. The molecule has 31 heavy (non-hydrogen) atoms. The summed E-state index contributed by atoms with van der Waals surface area (Å²) in [5, 5.41) is 12.2. The van der Waals surface area contributed by atoms with E-state index in [4.69, 9.17) is 14.2 Å². The first kappa shape index (κ1) is 24.7. The zero-order chi connectivity index (χ0) is 22.8. The van der Waals surface area contributed by atoms with E-state index in [1.54, 1.807) is 37.3 Å². The zero-order valence-electron chi connectivity index (χ0n) is 16.9. The van der Waals surface area contributed by atoms with E-state index in [2.05, 4.69) is 21.2 Å². The first-order valence-corrected chi connectivity index (χ1v) is 11.2. The summed E-state index contributed by atoms with van der Waals surface area (Å²) in [5.74, 6) is -0.226. The van der Waals surface area contributed by atoms with Gasteiger partial charge in [-0.25, -0.2) is 4.79 Å². The Balaban J connectivity index is 2.28. The quantitative estimate of drug-likeness (QED) is 0.190. The summed E-state index contributed by atoms with van der Waals surface area (Å²) in [6.07, 6.45) is 1.47. The van der Waals surface area contributed by atoms with Gasteiger partial charge >= 0.3 is 5.97 Å². The number of nitrogens with zero attached hydrogens (tertiary/aromatic N) is 1. The summed E-state index contributed by atoms with van der Waals surface area (Å²) in [5.41, 5.74) is 1.07. The van der Waals surface area contributed by atoms with E-state index < -0.39 is 11.9 Å². The molecule has 0 aromatic heterocycles. The number of nitriles is 1. The van der Waals surface area contributed by atoms with E-state index in [9.17, 15) is 14.9 Å². The lowest BCUT2D eigenvalue weighted by molar-refractivity contribution is -0.145. The molecule has 0 aliphatic rings. The van der Waals surface area contributed by atoms with Crippen molar-refractivity contribution >= 4 is 62.2 Å². The fourth-order valence-corrected chi connectivity index (χ4v) is 3.67. The molecule has 0 saturated heterocycles. The van der Waals surface area contributed by atoms with Gasteiger partial charge in [-0.05, 0) is 78.4 Å². The third-order valence-electron chi connectivity index (χ3n) is 3.73. The number of rotatable bonds is 9. The maximum atomic E-state index is 12.5. The Kier molecular flexibility index (Phi) is 9.81. The minimum Gasteiger partial charge on any atom is -0.490 e. The zero-order valence-corrected chi connectivity index (χ0v) is 20.7. The van der Waals surface area contributed by atoms with E-state index >= 15 is 0 Å². The molecule has 7 nitrogen and oxygen atoms in total. The number of nitrogens with one attached hydrogen (secondary N) is 1. The maximum Gasteiger partial charge on any atom is 0.344 e. The Morgan fingerprint density at radius 1 is 1.19 bits per heavy atom. The molecule has 2 rings (SSSR count). The Bertz CT molecular complexity index is 1030. The van der Waals surface area contributed by atoms with Gasteiger partial charge in [0.1, 0.15) is 11.6 Å². The Morgan fingerprint density at radius 3 is 2.61 bits per heavy atom. The molecule has 162 valence electrons. The van der Waals surface area contributed by atoms with E-state index in [-0.39, 0.29) is 18.8 Å². The molecule has 1 amide bonds. The highest BCUT2D eigenvalue weighted by Gasteiger charge is 2.16.